The zero-order valence-electron chi connectivity index (χ0n) is 16.3. The van der Waals surface area contributed by atoms with Crippen molar-refractivity contribution in [3.05, 3.63) is 59.8 Å². The van der Waals surface area contributed by atoms with Crippen LogP contribution >= 0.6 is 0 Å². The molecule has 1 aliphatic heterocycles. The zero-order chi connectivity index (χ0) is 21.3. The van der Waals surface area contributed by atoms with Gasteiger partial charge in [0.25, 0.3) is 0 Å². The van der Waals surface area contributed by atoms with Crippen LogP contribution in [0.3, 0.4) is 0 Å². The van der Waals surface area contributed by atoms with Crippen LogP contribution in [0.1, 0.15) is 11.3 Å². The fourth-order valence-corrected chi connectivity index (χ4v) is 3.45. The fraction of sp³-hybridized carbons (Fsp3) is 0.286. The highest BCUT2D eigenvalue weighted by Gasteiger charge is 2.39. The molecule has 30 heavy (non-hydrogen) atoms. The van der Waals surface area contributed by atoms with Gasteiger partial charge in [0.2, 0.25) is 0 Å². The maximum atomic E-state index is 13.6. The summed E-state index contributed by atoms with van der Waals surface area (Å²) in [4.78, 5) is 23.7. The van der Waals surface area contributed by atoms with Crippen molar-refractivity contribution in [1.82, 2.24) is 14.9 Å². The molecular formula is C21H20F3N5O. The van der Waals surface area contributed by atoms with Crippen LogP contribution in [0.15, 0.2) is 48.5 Å². The van der Waals surface area contributed by atoms with Gasteiger partial charge in [-0.3, -0.25) is 0 Å². The van der Waals surface area contributed by atoms with Crippen LogP contribution in [0.2, 0.25) is 0 Å². The number of para-hydroxylation sites is 2. The van der Waals surface area contributed by atoms with E-state index in [1.807, 2.05) is 25.1 Å². The molecule has 4 rings (SSSR count). The lowest BCUT2D eigenvalue weighted by Gasteiger charge is -2.36. The first-order valence-corrected chi connectivity index (χ1v) is 9.53. The Kier molecular flexibility index (Phi) is 5.19. The molecule has 0 atom stereocenters. The first-order valence-electron chi connectivity index (χ1n) is 9.53. The number of amides is 2. The monoisotopic (exact) mass is 415 g/mol. The summed E-state index contributed by atoms with van der Waals surface area (Å²) >= 11 is 0. The number of hydrogen-bond acceptors (Lipinski definition) is 4. The maximum Gasteiger partial charge on any atom is 0.437 e. The molecule has 1 aliphatic rings. The number of nitrogens with one attached hydrogen (secondary N) is 1. The number of rotatable bonds is 2. The molecule has 1 fully saturated rings. The Bertz CT molecular complexity index is 1080. The molecule has 0 spiro atoms. The third kappa shape index (κ3) is 4.14. The standard InChI is InChI=1S/C21H20F3N5O/c1-14-5-4-6-15(13-14)25-20(30)29-11-9-28(10-12-29)19-18(21(22,23)24)26-16-7-2-3-8-17(16)27-19/h2-8,13H,9-12H2,1H3,(H,25,30). The van der Waals surface area contributed by atoms with Crippen molar-refractivity contribution in [2.24, 2.45) is 0 Å². The van der Waals surface area contributed by atoms with E-state index in [4.69, 9.17) is 0 Å². The van der Waals surface area contributed by atoms with Crippen molar-refractivity contribution in [2.45, 2.75) is 13.1 Å². The first-order chi connectivity index (χ1) is 14.3. The average Bonchev–Trinajstić information content (AvgIpc) is 2.72. The van der Waals surface area contributed by atoms with Crippen LogP contribution < -0.4 is 10.2 Å². The number of nitrogens with zero attached hydrogens (tertiary/aromatic N) is 4. The second kappa shape index (κ2) is 7.81. The molecule has 0 aliphatic carbocycles. The van der Waals surface area contributed by atoms with Crippen LogP contribution in [0.5, 0.6) is 0 Å². The molecule has 1 saturated heterocycles. The number of hydrogen-bond donors (Lipinski definition) is 1. The van der Waals surface area contributed by atoms with Crippen LogP contribution in [0.25, 0.3) is 11.0 Å². The number of anilines is 2. The number of piperazine rings is 1. The average molecular weight is 415 g/mol. The predicted octanol–water partition coefficient (Wildman–Crippen LogP) is 4.31. The van der Waals surface area contributed by atoms with Gasteiger partial charge in [-0.2, -0.15) is 13.2 Å². The van der Waals surface area contributed by atoms with Gasteiger partial charge in [-0.1, -0.05) is 24.3 Å². The molecule has 2 aromatic carbocycles. The number of benzene rings is 2. The molecule has 0 unspecified atom stereocenters. The van der Waals surface area contributed by atoms with Crippen molar-refractivity contribution in [2.75, 3.05) is 36.4 Å². The summed E-state index contributed by atoms with van der Waals surface area (Å²) in [5.41, 5.74) is 1.30. The molecule has 6 nitrogen and oxygen atoms in total. The van der Waals surface area contributed by atoms with Crippen molar-refractivity contribution in [1.29, 1.82) is 0 Å². The smallest absolute Gasteiger partial charge is 0.351 e. The summed E-state index contributed by atoms with van der Waals surface area (Å²) in [6, 6.07) is 13.6. The number of carbonyl (C=O) groups is 1. The summed E-state index contributed by atoms with van der Waals surface area (Å²) in [6.07, 6.45) is -4.62. The molecule has 0 saturated carbocycles. The molecule has 156 valence electrons. The highest BCUT2D eigenvalue weighted by molar-refractivity contribution is 5.89. The number of urea groups is 1. The summed E-state index contributed by atoms with van der Waals surface area (Å²) in [7, 11) is 0. The Balaban J connectivity index is 1.51. The lowest BCUT2D eigenvalue weighted by atomic mass is 10.2. The zero-order valence-corrected chi connectivity index (χ0v) is 16.3. The van der Waals surface area contributed by atoms with Crippen LogP contribution in [0, 0.1) is 6.92 Å². The van der Waals surface area contributed by atoms with Gasteiger partial charge < -0.3 is 15.1 Å². The topological polar surface area (TPSA) is 61.4 Å². The highest BCUT2D eigenvalue weighted by atomic mass is 19.4. The van der Waals surface area contributed by atoms with Gasteiger partial charge in [0, 0.05) is 31.9 Å². The number of alkyl halides is 3. The molecule has 1 aromatic heterocycles. The number of aryl methyl sites for hydroxylation is 1. The van der Waals surface area contributed by atoms with E-state index in [1.165, 1.54) is 6.07 Å². The molecular weight excluding hydrogens is 395 g/mol. The van der Waals surface area contributed by atoms with Gasteiger partial charge in [-0.15, -0.1) is 0 Å². The van der Waals surface area contributed by atoms with Gasteiger partial charge in [0.15, 0.2) is 11.5 Å². The quantitative estimate of drug-likeness (QED) is 0.678. The van der Waals surface area contributed by atoms with E-state index in [2.05, 4.69) is 15.3 Å². The minimum absolute atomic E-state index is 0.194. The third-order valence-corrected chi connectivity index (χ3v) is 4.96. The Hall–Kier alpha value is -3.36. The normalized spacial score (nSPS) is 14.8. The SMILES string of the molecule is Cc1cccc(NC(=O)N2CCN(c3nc4ccccc4nc3C(F)(F)F)CC2)c1. The second-order valence-electron chi connectivity index (χ2n) is 7.16. The number of fused-ring (bicyclic) bond motifs is 1. The maximum absolute atomic E-state index is 13.6. The van der Waals surface area contributed by atoms with Crippen molar-refractivity contribution < 1.29 is 18.0 Å². The van der Waals surface area contributed by atoms with E-state index in [0.29, 0.717) is 11.2 Å². The van der Waals surface area contributed by atoms with E-state index < -0.39 is 11.9 Å². The van der Waals surface area contributed by atoms with E-state index >= 15 is 0 Å². The van der Waals surface area contributed by atoms with Gasteiger partial charge in [-0.25, -0.2) is 14.8 Å². The van der Waals surface area contributed by atoms with Crippen molar-refractivity contribution in [3.8, 4) is 0 Å². The predicted molar refractivity (Wildman–Crippen MR) is 109 cm³/mol. The molecule has 9 heteroatoms. The number of halogens is 3. The Morgan fingerprint density at radius 1 is 0.967 bits per heavy atom. The lowest BCUT2D eigenvalue weighted by molar-refractivity contribution is -0.140. The second-order valence-corrected chi connectivity index (χ2v) is 7.16. The van der Waals surface area contributed by atoms with E-state index in [-0.39, 0.29) is 43.5 Å². The molecule has 2 heterocycles. The van der Waals surface area contributed by atoms with Gasteiger partial charge in [-0.05, 0) is 36.8 Å². The molecule has 2 amide bonds. The Morgan fingerprint density at radius 2 is 1.63 bits per heavy atom. The van der Waals surface area contributed by atoms with Gasteiger partial charge in [0.05, 0.1) is 11.0 Å². The van der Waals surface area contributed by atoms with Crippen LogP contribution in [-0.2, 0) is 6.18 Å². The summed E-state index contributed by atoms with van der Waals surface area (Å²) in [5, 5.41) is 2.83. The van der Waals surface area contributed by atoms with E-state index in [9.17, 15) is 18.0 Å². The highest BCUT2D eigenvalue weighted by Crippen LogP contribution is 2.35. The Morgan fingerprint density at radius 3 is 2.27 bits per heavy atom. The molecule has 3 aromatic rings. The molecule has 0 bridgehead atoms. The number of carbonyl (C=O) groups excluding carboxylic acids is 1. The third-order valence-electron chi connectivity index (χ3n) is 4.96. The lowest BCUT2D eigenvalue weighted by Crippen LogP contribution is -2.50. The largest absolute Gasteiger partial charge is 0.437 e. The van der Waals surface area contributed by atoms with Crippen molar-refractivity contribution in [3.63, 3.8) is 0 Å². The molecule has 1 N–H and O–H groups in total. The van der Waals surface area contributed by atoms with Crippen molar-refractivity contribution >= 4 is 28.6 Å². The Labute approximate surface area is 171 Å². The minimum atomic E-state index is -4.62. The van der Waals surface area contributed by atoms with Gasteiger partial charge in [0.1, 0.15) is 0 Å². The number of aromatic nitrogens is 2. The summed E-state index contributed by atoms with van der Waals surface area (Å²) in [6.45, 7) is 2.96. The summed E-state index contributed by atoms with van der Waals surface area (Å²) < 4.78 is 40.8. The van der Waals surface area contributed by atoms with Crippen LogP contribution in [0.4, 0.5) is 29.5 Å². The molecule has 0 radical (unpaired) electrons. The van der Waals surface area contributed by atoms with E-state index in [1.54, 1.807) is 34.1 Å². The minimum Gasteiger partial charge on any atom is -0.351 e. The van der Waals surface area contributed by atoms with Gasteiger partial charge >= 0.3 is 12.2 Å². The van der Waals surface area contributed by atoms with E-state index in [0.717, 1.165) is 5.56 Å². The summed E-state index contributed by atoms with van der Waals surface area (Å²) in [5.74, 6) is -0.194. The first kappa shape index (κ1) is 19.9. The fourth-order valence-electron chi connectivity index (χ4n) is 3.45. The van der Waals surface area contributed by atoms with Crippen LogP contribution in [-0.4, -0.2) is 47.1 Å².